The van der Waals surface area contributed by atoms with Crippen molar-refractivity contribution >= 4 is 28.3 Å². The van der Waals surface area contributed by atoms with E-state index in [2.05, 4.69) is 0 Å². The second kappa shape index (κ2) is 8.61. The number of hydrogen-bond donors (Lipinski definition) is 1. The zero-order chi connectivity index (χ0) is 21.0. The summed E-state index contributed by atoms with van der Waals surface area (Å²) in [6.45, 7) is 3.00. The average Bonchev–Trinajstić information content (AvgIpc) is 2.70. The van der Waals surface area contributed by atoms with Crippen LogP contribution in [-0.2, 0) is 16.0 Å². The summed E-state index contributed by atoms with van der Waals surface area (Å²) in [5.74, 6) is -0.907. The maximum atomic E-state index is 11.8. The topological polar surface area (TPSA) is 72.8 Å². The lowest BCUT2D eigenvalue weighted by Gasteiger charge is -2.18. The Bertz CT molecular complexity index is 1100. The van der Waals surface area contributed by atoms with Crippen LogP contribution in [-0.4, -0.2) is 24.2 Å². The second-order valence-corrected chi connectivity index (χ2v) is 6.56. The number of allylic oxidation sites excluding steroid dienone is 1. The number of rotatable bonds is 6. The van der Waals surface area contributed by atoms with E-state index in [4.69, 9.17) is 9.47 Å². The van der Waals surface area contributed by atoms with Gasteiger partial charge in [-0.25, -0.2) is 4.79 Å². The minimum absolute atomic E-state index is 0.152. The van der Waals surface area contributed by atoms with E-state index >= 15 is 0 Å². The molecule has 148 valence electrons. The van der Waals surface area contributed by atoms with E-state index in [9.17, 15) is 14.7 Å². The molecule has 0 aliphatic rings. The Hall–Kier alpha value is -3.60. The molecule has 0 amide bonds. The monoisotopic (exact) mass is 390 g/mol. The number of aliphatic carboxylic acids is 1. The third-order valence-corrected chi connectivity index (χ3v) is 4.68. The molecule has 5 heteroatoms. The summed E-state index contributed by atoms with van der Waals surface area (Å²) in [6, 6.07) is 17.2. The molecule has 0 heterocycles. The Balaban J connectivity index is 2.37. The van der Waals surface area contributed by atoms with Crippen LogP contribution in [0.25, 0.3) is 16.3 Å². The molecule has 0 aliphatic heterocycles. The maximum Gasteiger partial charge on any atom is 0.335 e. The van der Waals surface area contributed by atoms with Crippen LogP contribution in [0.1, 0.15) is 30.5 Å². The number of ether oxygens (including phenoxy) is 2. The molecule has 0 saturated heterocycles. The highest BCUT2D eigenvalue weighted by Gasteiger charge is 2.22. The molecule has 0 radical (unpaired) electrons. The first kappa shape index (κ1) is 20.1. The summed E-state index contributed by atoms with van der Waals surface area (Å²) < 4.78 is 11.0. The first-order valence-corrected chi connectivity index (χ1v) is 9.21. The number of esters is 1. The van der Waals surface area contributed by atoms with Gasteiger partial charge in [0, 0.05) is 17.9 Å². The molecule has 5 nitrogen and oxygen atoms in total. The van der Waals surface area contributed by atoms with Crippen LogP contribution in [0.5, 0.6) is 11.5 Å². The molecule has 0 bridgehead atoms. The van der Waals surface area contributed by atoms with Gasteiger partial charge in [-0.1, -0.05) is 54.6 Å². The molecular weight excluding hydrogens is 368 g/mol. The van der Waals surface area contributed by atoms with E-state index in [1.807, 2.05) is 48.5 Å². The molecule has 0 aromatic heterocycles. The Labute approximate surface area is 169 Å². The van der Waals surface area contributed by atoms with E-state index in [-0.39, 0.29) is 5.57 Å². The van der Waals surface area contributed by atoms with Crippen molar-refractivity contribution in [1.29, 1.82) is 0 Å². The molecule has 0 aliphatic carbocycles. The summed E-state index contributed by atoms with van der Waals surface area (Å²) in [7, 11) is 1.47. The second-order valence-electron chi connectivity index (χ2n) is 6.56. The third-order valence-electron chi connectivity index (χ3n) is 4.68. The number of carbonyl (C=O) groups excluding carboxylic acids is 1. The molecule has 3 rings (SSSR count). The van der Waals surface area contributed by atoms with Gasteiger partial charge >= 0.3 is 11.9 Å². The molecule has 0 spiro atoms. The number of methoxy groups -OCH3 is 1. The van der Waals surface area contributed by atoms with Gasteiger partial charge in [0.1, 0.15) is 0 Å². The normalized spacial score (nSPS) is 11.3. The lowest BCUT2D eigenvalue weighted by atomic mass is 9.91. The fourth-order valence-electron chi connectivity index (χ4n) is 3.47. The van der Waals surface area contributed by atoms with Crippen molar-refractivity contribution in [3.05, 3.63) is 77.4 Å². The quantitative estimate of drug-likeness (QED) is 0.370. The van der Waals surface area contributed by atoms with Gasteiger partial charge in [0.05, 0.1) is 12.7 Å². The Morgan fingerprint density at radius 3 is 2.38 bits per heavy atom. The van der Waals surface area contributed by atoms with Gasteiger partial charge in [0.2, 0.25) is 0 Å². The van der Waals surface area contributed by atoms with Gasteiger partial charge in [0.25, 0.3) is 0 Å². The van der Waals surface area contributed by atoms with Crippen LogP contribution in [0.2, 0.25) is 0 Å². The highest BCUT2D eigenvalue weighted by Crippen LogP contribution is 2.42. The smallest absolute Gasteiger partial charge is 0.335 e. The Morgan fingerprint density at radius 2 is 1.79 bits per heavy atom. The Morgan fingerprint density at radius 1 is 1.07 bits per heavy atom. The molecule has 0 fully saturated rings. The largest absolute Gasteiger partial charge is 0.493 e. The molecule has 0 saturated carbocycles. The van der Waals surface area contributed by atoms with Gasteiger partial charge in [-0.3, -0.25) is 4.79 Å². The standard InChI is InChI=1S/C24H22O5/c1-4-18(24(26)27)20-14-21(28-3)23(29-15(2)25)22-17(11-8-12-19(20)22)13-16-9-6-5-7-10-16/h4-12,14H,13H2,1-3H3,(H,26,27)/b18-4-. The van der Waals surface area contributed by atoms with Crippen molar-refractivity contribution in [2.24, 2.45) is 0 Å². The highest BCUT2D eigenvalue weighted by atomic mass is 16.6. The van der Waals surface area contributed by atoms with Crippen molar-refractivity contribution in [2.75, 3.05) is 7.11 Å². The summed E-state index contributed by atoms with van der Waals surface area (Å²) in [5.41, 5.74) is 2.66. The molecule has 0 atom stereocenters. The zero-order valence-electron chi connectivity index (χ0n) is 16.6. The fourth-order valence-corrected chi connectivity index (χ4v) is 3.47. The molecule has 0 unspecified atom stereocenters. The molecular formula is C24H22O5. The lowest BCUT2D eigenvalue weighted by Crippen LogP contribution is -2.07. The lowest BCUT2D eigenvalue weighted by molar-refractivity contribution is -0.132. The van der Waals surface area contributed by atoms with Crippen LogP contribution >= 0.6 is 0 Å². The van der Waals surface area contributed by atoms with Crippen molar-refractivity contribution in [3.63, 3.8) is 0 Å². The van der Waals surface area contributed by atoms with Gasteiger partial charge < -0.3 is 14.6 Å². The van der Waals surface area contributed by atoms with Gasteiger partial charge in [-0.2, -0.15) is 0 Å². The molecule has 3 aromatic carbocycles. The number of carbonyl (C=O) groups is 2. The highest BCUT2D eigenvalue weighted by molar-refractivity contribution is 6.20. The molecule has 29 heavy (non-hydrogen) atoms. The SMILES string of the molecule is C/C=C(\C(=O)O)c1cc(OC)c(OC(C)=O)c2c(Cc3ccccc3)cccc12. The molecule has 3 aromatic rings. The number of carboxylic acids is 1. The first-order chi connectivity index (χ1) is 14.0. The van der Waals surface area contributed by atoms with Crippen LogP contribution < -0.4 is 9.47 Å². The third kappa shape index (κ3) is 4.14. The fraction of sp³-hybridized carbons (Fsp3) is 0.167. The van der Waals surface area contributed by atoms with E-state index in [1.165, 1.54) is 14.0 Å². The maximum absolute atomic E-state index is 11.8. The van der Waals surface area contributed by atoms with Gasteiger partial charge in [-0.15, -0.1) is 0 Å². The number of fused-ring (bicyclic) bond motifs is 1. The summed E-state index contributed by atoms with van der Waals surface area (Å²) >= 11 is 0. The predicted molar refractivity (Wildman–Crippen MR) is 112 cm³/mol. The minimum atomic E-state index is -1.04. The zero-order valence-corrected chi connectivity index (χ0v) is 16.6. The number of hydrogen-bond acceptors (Lipinski definition) is 4. The van der Waals surface area contributed by atoms with Crippen molar-refractivity contribution in [1.82, 2.24) is 0 Å². The van der Waals surface area contributed by atoms with Crippen molar-refractivity contribution in [3.8, 4) is 11.5 Å². The predicted octanol–water partition coefficient (Wildman–Crippen LogP) is 4.85. The van der Waals surface area contributed by atoms with Crippen LogP contribution in [0.3, 0.4) is 0 Å². The van der Waals surface area contributed by atoms with Crippen LogP contribution in [0, 0.1) is 0 Å². The van der Waals surface area contributed by atoms with Crippen molar-refractivity contribution in [2.45, 2.75) is 20.3 Å². The van der Waals surface area contributed by atoms with Crippen LogP contribution in [0.4, 0.5) is 0 Å². The summed E-state index contributed by atoms with van der Waals surface area (Å²) in [5, 5.41) is 11.0. The molecule has 1 N–H and O–H groups in total. The van der Waals surface area contributed by atoms with E-state index in [0.717, 1.165) is 11.1 Å². The Kier molecular flexibility index (Phi) is 5.98. The summed E-state index contributed by atoms with van der Waals surface area (Å²) in [6.07, 6.45) is 2.14. The van der Waals surface area contributed by atoms with Crippen LogP contribution in [0.15, 0.2) is 60.7 Å². The van der Waals surface area contributed by atoms with Crippen molar-refractivity contribution < 1.29 is 24.2 Å². The van der Waals surface area contributed by atoms with Gasteiger partial charge in [-0.05, 0) is 35.9 Å². The average molecular weight is 390 g/mol. The number of benzene rings is 3. The summed E-state index contributed by atoms with van der Waals surface area (Å²) in [4.78, 5) is 23.6. The van der Waals surface area contributed by atoms with Gasteiger partial charge in [0.15, 0.2) is 11.5 Å². The van der Waals surface area contributed by atoms with E-state index in [0.29, 0.717) is 34.3 Å². The minimum Gasteiger partial charge on any atom is -0.493 e. The van der Waals surface area contributed by atoms with E-state index in [1.54, 1.807) is 19.1 Å². The number of carboxylic acid groups (broad SMARTS) is 1. The van der Waals surface area contributed by atoms with E-state index < -0.39 is 11.9 Å². The first-order valence-electron chi connectivity index (χ1n) is 9.21.